The van der Waals surface area contributed by atoms with Crippen LogP contribution in [0, 0.1) is 0 Å². The molecule has 22 heavy (non-hydrogen) atoms. The number of nitrogens with zero attached hydrogens (tertiary/aromatic N) is 1. The summed E-state index contributed by atoms with van der Waals surface area (Å²) in [5.74, 6) is 0.679. The first-order valence-corrected chi connectivity index (χ1v) is 6.72. The van der Waals surface area contributed by atoms with Crippen LogP contribution in [0.5, 0.6) is 11.5 Å². The molecule has 1 aliphatic heterocycles. The molecule has 2 aromatic rings. The van der Waals surface area contributed by atoms with Crippen LogP contribution in [-0.4, -0.2) is 24.5 Å². The number of para-hydroxylation sites is 2. The number of hydrogen-bond acceptors (Lipinski definition) is 5. The minimum atomic E-state index is -0.599. The summed E-state index contributed by atoms with van der Waals surface area (Å²) in [4.78, 5) is 16.6. The van der Waals surface area contributed by atoms with E-state index in [2.05, 4.69) is 5.16 Å². The van der Waals surface area contributed by atoms with Gasteiger partial charge in [0.25, 0.3) is 0 Å². The van der Waals surface area contributed by atoms with Crippen molar-refractivity contribution in [3.05, 3.63) is 60.2 Å². The third-order valence-corrected chi connectivity index (χ3v) is 3.08. The van der Waals surface area contributed by atoms with Crippen LogP contribution < -0.4 is 15.2 Å². The van der Waals surface area contributed by atoms with E-state index in [4.69, 9.17) is 20.0 Å². The van der Waals surface area contributed by atoms with Gasteiger partial charge in [0.05, 0.1) is 5.56 Å². The molecule has 1 aliphatic rings. The van der Waals surface area contributed by atoms with Gasteiger partial charge in [-0.25, -0.2) is 4.79 Å². The van der Waals surface area contributed by atoms with E-state index in [-0.39, 0.29) is 12.4 Å². The third kappa shape index (κ3) is 3.01. The third-order valence-electron chi connectivity index (χ3n) is 3.08. The number of carbonyl (C=O) groups excluding carboxylic acids is 1. The zero-order valence-electron chi connectivity index (χ0n) is 11.6. The molecule has 0 saturated heterocycles. The van der Waals surface area contributed by atoms with Gasteiger partial charge in [0, 0.05) is 0 Å². The molecule has 0 fully saturated rings. The van der Waals surface area contributed by atoms with Gasteiger partial charge in [-0.3, -0.25) is 0 Å². The van der Waals surface area contributed by atoms with Crippen molar-refractivity contribution < 1.29 is 19.1 Å². The van der Waals surface area contributed by atoms with Crippen molar-refractivity contribution in [1.29, 1.82) is 0 Å². The van der Waals surface area contributed by atoms with Gasteiger partial charge in [0.1, 0.15) is 6.61 Å². The van der Waals surface area contributed by atoms with Crippen LogP contribution in [-0.2, 0) is 4.84 Å². The fraction of sp³-hybridized carbons (Fsp3) is 0.125. The molecule has 2 aromatic carbocycles. The van der Waals surface area contributed by atoms with E-state index in [0.29, 0.717) is 17.1 Å². The minimum absolute atomic E-state index is 0.0405. The molecule has 0 saturated carbocycles. The molecule has 1 atom stereocenters. The van der Waals surface area contributed by atoms with Crippen molar-refractivity contribution in [2.24, 2.45) is 10.9 Å². The molecular weight excluding hydrogens is 284 g/mol. The van der Waals surface area contributed by atoms with Gasteiger partial charge in [-0.1, -0.05) is 35.5 Å². The number of rotatable bonds is 3. The van der Waals surface area contributed by atoms with Gasteiger partial charge in [0.15, 0.2) is 23.4 Å². The van der Waals surface area contributed by atoms with Crippen molar-refractivity contribution in [3.63, 3.8) is 0 Å². The molecule has 3 rings (SSSR count). The van der Waals surface area contributed by atoms with Gasteiger partial charge in [-0.15, -0.1) is 0 Å². The van der Waals surface area contributed by atoms with Crippen LogP contribution in [0.15, 0.2) is 59.8 Å². The number of amidine groups is 1. The number of nitrogens with two attached hydrogens (primary N) is 1. The highest BCUT2D eigenvalue weighted by Gasteiger charge is 2.24. The Balaban J connectivity index is 1.65. The van der Waals surface area contributed by atoms with Gasteiger partial charge in [0.2, 0.25) is 0 Å². The predicted octanol–water partition coefficient (Wildman–Crippen LogP) is 1.96. The molecule has 112 valence electrons. The lowest BCUT2D eigenvalue weighted by Gasteiger charge is -2.25. The van der Waals surface area contributed by atoms with Gasteiger partial charge in [-0.2, -0.15) is 0 Å². The summed E-state index contributed by atoms with van der Waals surface area (Å²) >= 11 is 0. The smallest absolute Gasteiger partial charge is 0.365 e. The zero-order chi connectivity index (χ0) is 15.4. The lowest BCUT2D eigenvalue weighted by atomic mass is 10.2. The predicted molar refractivity (Wildman–Crippen MR) is 79.8 cm³/mol. The van der Waals surface area contributed by atoms with E-state index in [1.807, 2.05) is 12.1 Å². The van der Waals surface area contributed by atoms with Crippen molar-refractivity contribution in [3.8, 4) is 11.5 Å². The average molecular weight is 298 g/mol. The SMILES string of the molecule is N/C(=N/OC(=O)c1ccccc1)[C@H]1COc2ccccc2O1. The Hall–Kier alpha value is -3.02. The second-order valence-corrected chi connectivity index (χ2v) is 4.63. The Bertz CT molecular complexity index is 700. The lowest BCUT2D eigenvalue weighted by molar-refractivity contribution is 0.0504. The summed E-state index contributed by atoms with van der Waals surface area (Å²) in [6.45, 7) is 0.204. The molecule has 0 aromatic heterocycles. The molecule has 2 N–H and O–H groups in total. The standard InChI is InChI=1S/C16H14N2O4/c17-15(18-22-16(19)11-6-2-1-3-7-11)14-10-20-12-8-4-5-9-13(12)21-14/h1-9,14H,10H2,(H2,17,18)/t14-/m1/s1. The van der Waals surface area contributed by atoms with Crippen LogP contribution in [0.3, 0.4) is 0 Å². The Morgan fingerprint density at radius 2 is 1.77 bits per heavy atom. The maximum absolute atomic E-state index is 11.8. The second-order valence-electron chi connectivity index (χ2n) is 4.63. The first-order valence-electron chi connectivity index (χ1n) is 6.72. The quantitative estimate of drug-likeness (QED) is 0.405. The highest BCUT2D eigenvalue weighted by atomic mass is 16.7. The summed E-state index contributed by atoms with van der Waals surface area (Å²) in [6, 6.07) is 15.8. The summed E-state index contributed by atoms with van der Waals surface area (Å²) in [5.41, 5.74) is 6.19. The molecular formula is C16H14N2O4. The second kappa shape index (κ2) is 6.17. The van der Waals surface area contributed by atoms with Crippen molar-refractivity contribution in [2.75, 3.05) is 6.61 Å². The molecule has 1 heterocycles. The van der Waals surface area contributed by atoms with Gasteiger partial charge in [-0.05, 0) is 24.3 Å². The number of oxime groups is 1. The fourth-order valence-corrected chi connectivity index (χ4v) is 1.95. The lowest BCUT2D eigenvalue weighted by Crippen LogP contribution is -2.41. The Morgan fingerprint density at radius 3 is 2.55 bits per heavy atom. The highest BCUT2D eigenvalue weighted by Crippen LogP contribution is 2.30. The number of carbonyl (C=O) groups is 1. The van der Waals surface area contributed by atoms with Gasteiger partial charge < -0.3 is 20.0 Å². The van der Waals surface area contributed by atoms with E-state index in [1.54, 1.807) is 42.5 Å². The first kappa shape index (κ1) is 13.9. The molecule has 0 amide bonds. The van der Waals surface area contributed by atoms with E-state index in [9.17, 15) is 4.79 Å². The maximum Gasteiger partial charge on any atom is 0.365 e. The molecule has 0 radical (unpaired) electrons. The van der Waals surface area contributed by atoms with Crippen LogP contribution >= 0.6 is 0 Å². The molecule has 0 aliphatic carbocycles. The first-order chi connectivity index (χ1) is 10.7. The van der Waals surface area contributed by atoms with Crippen molar-refractivity contribution in [1.82, 2.24) is 0 Å². The van der Waals surface area contributed by atoms with E-state index in [0.717, 1.165) is 0 Å². The summed E-state index contributed by atoms with van der Waals surface area (Å²) in [5, 5.41) is 3.64. The van der Waals surface area contributed by atoms with Crippen LogP contribution in [0.1, 0.15) is 10.4 Å². The van der Waals surface area contributed by atoms with Crippen molar-refractivity contribution >= 4 is 11.8 Å². The Labute approximate surface area is 127 Å². The molecule has 0 unspecified atom stereocenters. The van der Waals surface area contributed by atoms with E-state index < -0.39 is 12.1 Å². The topological polar surface area (TPSA) is 83.1 Å². The fourth-order valence-electron chi connectivity index (χ4n) is 1.95. The zero-order valence-corrected chi connectivity index (χ0v) is 11.6. The van der Waals surface area contributed by atoms with Crippen LogP contribution in [0.4, 0.5) is 0 Å². The molecule has 6 nitrogen and oxygen atoms in total. The van der Waals surface area contributed by atoms with Crippen molar-refractivity contribution in [2.45, 2.75) is 6.10 Å². The number of benzene rings is 2. The number of hydrogen-bond donors (Lipinski definition) is 1. The maximum atomic E-state index is 11.8. The minimum Gasteiger partial charge on any atom is -0.485 e. The number of fused-ring (bicyclic) bond motifs is 1. The summed E-state index contributed by atoms with van der Waals surface area (Å²) < 4.78 is 11.2. The number of ether oxygens (including phenoxy) is 2. The highest BCUT2D eigenvalue weighted by molar-refractivity contribution is 5.91. The van der Waals surface area contributed by atoms with E-state index in [1.165, 1.54) is 0 Å². The largest absolute Gasteiger partial charge is 0.485 e. The summed E-state index contributed by atoms with van der Waals surface area (Å²) in [6.07, 6.45) is -0.599. The van der Waals surface area contributed by atoms with Crippen LogP contribution in [0.2, 0.25) is 0 Å². The Kier molecular flexibility index (Phi) is 3.91. The van der Waals surface area contributed by atoms with E-state index >= 15 is 0 Å². The average Bonchev–Trinajstić information content (AvgIpc) is 2.59. The molecule has 6 heteroatoms. The normalized spacial score (nSPS) is 16.9. The Morgan fingerprint density at radius 1 is 1.09 bits per heavy atom. The van der Waals surface area contributed by atoms with Crippen LogP contribution in [0.25, 0.3) is 0 Å². The monoisotopic (exact) mass is 298 g/mol. The molecule has 0 bridgehead atoms. The molecule has 0 spiro atoms. The summed E-state index contributed by atoms with van der Waals surface area (Å²) in [7, 11) is 0. The van der Waals surface area contributed by atoms with Gasteiger partial charge >= 0.3 is 5.97 Å².